The first-order chi connectivity index (χ1) is 13.1. The molecule has 0 aliphatic carbocycles. The van der Waals surface area contributed by atoms with Crippen LogP contribution < -0.4 is 5.32 Å². The van der Waals surface area contributed by atoms with E-state index in [0.29, 0.717) is 29.0 Å². The smallest absolute Gasteiger partial charge is 0.337 e. The van der Waals surface area contributed by atoms with Gasteiger partial charge in [0.25, 0.3) is 11.1 Å². The molecule has 9 heteroatoms. The highest BCUT2D eigenvalue weighted by Gasteiger charge is 2.14. The van der Waals surface area contributed by atoms with Gasteiger partial charge in [0.2, 0.25) is 5.91 Å². The van der Waals surface area contributed by atoms with Crippen molar-refractivity contribution in [1.29, 1.82) is 0 Å². The molecule has 0 radical (unpaired) electrons. The Morgan fingerprint density at radius 2 is 1.96 bits per heavy atom. The van der Waals surface area contributed by atoms with E-state index >= 15 is 0 Å². The largest absolute Gasteiger partial charge is 0.469 e. The van der Waals surface area contributed by atoms with E-state index in [9.17, 15) is 9.59 Å². The highest BCUT2D eigenvalue weighted by molar-refractivity contribution is 7.99. The Hall–Kier alpha value is -3.07. The number of carbonyl (C=O) groups is 2. The number of aryl methyl sites for hydroxylation is 1. The lowest BCUT2D eigenvalue weighted by molar-refractivity contribution is -0.118. The van der Waals surface area contributed by atoms with Crippen molar-refractivity contribution in [2.75, 3.05) is 12.9 Å². The van der Waals surface area contributed by atoms with E-state index in [2.05, 4.69) is 20.3 Å². The van der Waals surface area contributed by atoms with Crippen molar-refractivity contribution >= 4 is 23.6 Å². The number of rotatable bonds is 7. The maximum Gasteiger partial charge on any atom is 0.337 e. The lowest BCUT2D eigenvalue weighted by Crippen LogP contribution is -2.24. The summed E-state index contributed by atoms with van der Waals surface area (Å²) in [5.74, 6) is 0.621. The average molecular weight is 387 g/mol. The van der Waals surface area contributed by atoms with Crippen molar-refractivity contribution in [3.05, 3.63) is 53.5 Å². The van der Waals surface area contributed by atoms with Crippen molar-refractivity contribution < 1.29 is 23.2 Å². The Morgan fingerprint density at radius 1 is 1.19 bits per heavy atom. The molecule has 1 N–H and O–H groups in total. The van der Waals surface area contributed by atoms with Gasteiger partial charge in [-0.25, -0.2) is 4.79 Å². The molecule has 0 aliphatic heterocycles. The summed E-state index contributed by atoms with van der Waals surface area (Å²) in [4.78, 5) is 23.4. The Morgan fingerprint density at radius 3 is 2.63 bits per heavy atom. The maximum absolute atomic E-state index is 12.0. The molecule has 3 rings (SSSR count). The van der Waals surface area contributed by atoms with E-state index in [0.717, 1.165) is 22.9 Å². The molecule has 140 valence electrons. The van der Waals surface area contributed by atoms with Gasteiger partial charge in [0.15, 0.2) is 0 Å². The third-order valence-electron chi connectivity index (χ3n) is 3.69. The van der Waals surface area contributed by atoms with Gasteiger partial charge in [-0.1, -0.05) is 23.9 Å². The number of methoxy groups -OCH3 is 1. The number of hydrogen-bond donors (Lipinski definition) is 1. The number of nitrogens with zero attached hydrogens (tertiary/aromatic N) is 2. The van der Waals surface area contributed by atoms with Crippen LogP contribution in [0.4, 0.5) is 0 Å². The first-order valence-electron chi connectivity index (χ1n) is 8.01. The van der Waals surface area contributed by atoms with Crippen molar-refractivity contribution in [3.8, 4) is 11.5 Å². The molecular weight excluding hydrogens is 370 g/mol. The second-order valence-corrected chi connectivity index (χ2v) is 6.44. The van der Waals surface area contributed by atoms with E-state index in [4.69, 9.17) is 8.83 Å². The van der Waals surface area contributed by atoms with Crippen LogP contribution in [-0.4, -0.2) is 34.9 Å². The minimum Gasteiger partial charge on any atom is -0.469 e. The van der Waals surface area contributed by atoms with Crippen LogP contribution in [0.15, 0.2) is 50.7 Å². The Balaban J connectivity index is 1.47. The van der Waals surface area contributed by atoms with Gasteiger partial charge in [0, 0.05) is 6.54 Å². The molecule has 2 aromatic heterocycles. The molecule has 3 aromatic rings. The number of thioether (sulfide) groups is 1. The predicted molar refractivity (Wildman–Crippen MR) is 97.1 cm³/mol. The molecule has 0 fully saturated rings. The number of hydrogen-bond acceptors (Lipinski definition) is 8. The van der Waals surface area contributed by atoms with Crippen LogP contribution in [0.5, 0.6) is 0 Å². The molecular formula is C18H17N3O5S. The van der Waals surface area contributed by atoms with Gasteiger partial charge >= 0.3 is 5.97 Å². The third-order valence-corrected chi connectivity index (χ3v) is 4.51. The Kier molecular flexibility index (Phi) is 5.92. The average Bonchev–Trinajstić information content (AvgIpc) is 3.33. The standard InChI is InChI=1S/C18H17N3O5S/c1-11-14(7-8-25-11)16-20-21-18(26-16)27-10-15(22)19-9-12-3-5-13(6-4-12)17(23)24-2/h3-8H,9-10H2,1-2H3,(H,19,22). The highest BCUT2D eigenvalue weighted by atomic mass is 32.2. The maximum atomic E-state index is 12.0. The van der Waals surface area contributed by atoms with Crippen molar-refractivity contribution in [2.24, 2.45) is 0 Å². The van der Waals surface area contributed by atoms with Crippen molar-refractivity contribution in [1.82, 2.24) is 15.5 Å². The fraction of sp³-hybridized carbons (Fsp3) is 0.222. The van der Waals surface area contributed by atoms with Crippen LogP contribution in [0, 0.1) is 6.92 Å². The molecule has 1 amide bonds. The second-order valence-electron chi connectivity index (χ2n) is 5.52. The van der Waals surface area contributed by atoms with Gasteiger partial charge in [-0.3, -0.25) is 4.79 Å². The number of esters is 1. The highest BCUT2D eigenvalue weighted by Crippen LogP contribution is 2.26. The van der Waals surface area contributed by atoms with Crippen LogP contribution in [0.25, 0.3) is 11.5 Å². The normalized spacial score (nSPS) is 10.6. The monoisotopic (exact) mass is 387 g/mol. The van der Waals surface area contributed by atoms with Crippen LogP contribution in [0.3, 0.4) is 0 Å². The molecule has 0 atom stereocenters. The van der Waals surface area contributed by atoms with Gasteiger partial charge in [0.1, 0.15) is 5.76 Å². The van der Waals surface area contributed by atoms with Gasteiger partial charge in [-0.05, 0) is 30.7 Å². The minimum absolute atomic E-state index is 0.145. The molecule has 0 unspecified atom stereocenters. The van der Waals surface area contributed by atoms with Crippen LogP contribution >= 0.6 is 11.8 Å². The molecule has 0 saturated carbocycles. The van der Waals surface area contributed by atoms with Gasteiger partial charge in [-0.15, -0.1) is 10.2 Å². The summed E-state index contributed by atoms with van der Waals surface area (Å²) in [5.41, 5.74) is 2.06. The number of ether oxygens (including phenoxy) is 1. The molecule has 0 bridgehead atoms. The summed E-state index contributed by atoms with van der Waals surface area (Å²) in [5, 5.41) is 11.0. The molecule has 0 saturated heterocycles. The zero-order valence-corrected chi connectivity index (χ0v) is 15.5. The van der Waals surface area contributed by atoms with Crippen LogP contribution in [-0.2, 0) is 16.1 Å². The number of nitrogens with one attached hydrogen (secondary N) is 1. The summed E-state index contributed by atoms with van der Waals surface area (Å²) in [7, 11) is 1.33. The molecule has 0 aliphatic rings. The number of amides is 1. The topological polar surface area (TPSA) is 107 Å². The van der Waals surface area contributed by atoms with E-state index < -0.39 is 5.97 Å². The van der Waals surface area contributed by atoms with E-state index in [1.807, 2.05) is 0 Å². The van der Waals surface area contributed by atoms with Gasteiger partial charge in [0.05, 0.1) is 30.3 Å². The summed E-state index contributed by atoms with van der Waals surface area (Å²) < 4.78 is 15.4. The number of benzene rings is 1. The molecule has 27 heavy (non-hydrogen) atoms. The van der Waals surface area contributed by atoms with E-state index in [1.54, 1.807) is 43.5 Å². The first kappa shape index (κ1) is 18.7. The molecule has 0 spiro atoms. The molecule has 1 aromatic carbocycles. The van der Waals surface area contributed by atoms with Gasteiger partial charge < -0.3 is 18.9 Å². The second kappa shape index (κ2) is 8.54. The van der Waals surface area contributed by atoms with Crippen molar-refractivity contribution in [2.45, 2.75) is 18.7 Å². The van der Waals surface area contributed by atoms with Crippen molar-refractivity contribution in [3.63, 3.8) is 0 Å². The number of aromatic nitrogens is 2. The molecule has 8 nitrogen and oxygen atoms in total. The Labute approximate surface area is 159 Å². The predicted octanol–water partition coefficient (Wildman–Crippen LogP) is 2.83. The fourth-order valence-electron chi connectivity index (χ4n) is 2.24. The third kappa shape index (κ3) is 4.76. The number of furan rings is 1. The van der Waals surface area contributed by atoms with E-state index in [-0.39, 0.29) is 11.7 Å². The van der Waals surface area contributed by atoms with Crippen LogP contribution in [0.1, 0.15) is 21.7 Å². The number of carbonyl (C=O) groups excluding carboxylic acids is 2. The first-order valence-corrected chi connectivity index (χ1v) is 9.00. The SMILES string of the molecule is COC(=O)c1ccc(CNC(=O)CSc2nnc(-c3ccoc3C)o2)cc1. The lowest BCUT2D eigenvalue weighted by Gasteiger charge is -2.05. The lowest BCUT2D eigenvalue weighted by atomic mass is 10.1. The zero-order chi connectivity index (χ0) is 19.2. The summed E-state index contributed by atoms with van der Waals surface area (Å²) in [6.45, 7) is 2.15. The van der Waals surface area contributed by atoms with E-state index in [1.165, 1.54) is 7.11 Å². The summed E-state index contributed by atoms with van der Waals surface area (Å²) in [6.07, 6.45) is 1.55. The van der Waals surface area contributed by atoms with Gasteiger partial charge in [-0.2, -0.15) is 0 Å². The Bertz CT molecular complexity index is 933. The quantitative estimate of drug-likeness (QED) is 0.487. The summed E-state index contributed by atoms with van der Waals surface area (Å²) in [6, 6.07) is 8.57. The minimum atomic E-state index is -0.397. The summed E-state index contributed by atoms with van der Waals surface area (Å²) >= 11 is 1.15. The fourth-order valence-corrected chi connectivity index (χ4v) is 2.83. The molecule has 2 heterocycles. The van der Waals surface area contributed by atoms with Crippen LogP contribution in [0.2, 0.25) is 0 Å². The zero-order valence-electron chi connectivity index (χ0n) is 14.7.